The number of benzene rings is 4. The van der Waals surface area contributed by atoms with E-state index in [4.69, 9.17) is 9.84 Å². The maximum absolute atomic E-state index is 14.7. The van der Waals surface area contributed by atoms with E-state index in [1.807, 2.05) is 95.5 Å². The molecular formula is C54H56F5N10NaO4. The van der Waals surface area contributed by atoms with Crippen molar-refractivity contribution in [2.75, 3.05) is 54.5 Å². The van der Waals surface area contributed by atoms with Gasteiger partial charge in [-0.2, -0.15) is 10.2 Å². The van der Waals surface area contributed by atoms with Gasteiger partial charge >= 0.3 is 29.6 Å². The minimum absolute atomic E-state index is 0. The summed E-state index contributed by atoms with van der Waals surface area (Å²) < 4.78 is 77.4. The van der Waals surface area contributed by atoms with E-state index in [0.29, 0.717) is 24.7 Å². The molecule has 0 aliphatic rings. The molecule has 0 atom stereocenters. The molecule has 0 fully saturated rings. The van der Waals surface area contributed by atoms with Crippen LogP contribution in [0, 0.1) is 42.9 Å². The first-order valence-corrected chi connectivity index (χ1v) is 23.1. The van der Waals surface area contributed by atoms with Gasteiger partial charge in [0.2, 0.25) is 0 Å². The summed E-state index contributed by atoms with van der Waals surface area (Å²) in [5.41, 5.74) is 4.98. The van der Waals surface area contributed by atoms with Crippen molar-refractivity contribution in [1.29, 1.82) is 0 Å². The summed E-state index contributed by atoms with van der Waals surface area (Å²) in [5.74, 6) is -5.13. The van der Waals surface area contributed by atoms with Gasteiger partial charge in [-0.3, -0.25) is 9.59 Å². The molecule has 382 valence electrons. The van der Waals surface area contributed by atoms with E-state index in [0.717, 1.165) is 77.2 Å². The van der Waals surface area contributed by atoms with Crippen LogP contribution in [0.15, 0.2) is 131 Å². The quantitative estimate of drug-likeness (QED) is 0.0561. The first kappa shape index (κ1) is 58.0. The molecule has 14 nitrogen and oxygen atoms in total. The van der Waals surface area contributed by atoms with E-state index in [-0.39, 0.29) is 78.8 Å². The van der Waals surface area contributed by atoms with Gasteiger partial charge in [-0.25, -0.2) is 51.3 Å². The van der Waals surface area contributed by atoms with Crippen LogP contribution in [0.3, 0.4) is 0 Å². The number of hydrogen-bond donors (Lipinski definition) is 1. The largest absolute Gasteiger partial charge is 1.00 e. The molecule has 0 saturated carbocycles. The number of aliphatic hydroxyl groups is 1. The molecule has 0 aliphatic heterocycles. The van der Waals surface area contributed by atoms with Crippen molar-refractivity contribution in [3.05, 3.63) is 194 Å². The number of aryl methyl sites for hydroxylation is 2. The first-order chi connectivity index (χ1) is 35.0. The Morgan fingerprint density at radius 2 is 0.959 bits per heavy atom. The van der Waals surface area contributed by atoms with Gasteiger partial charge in [0.1, 0.15) is 0 Å². The SMILES string of the molecule is CN(C)CCCO.Cc1cnc(-c2cccc(Cn3nc(-c4cc(F)c(F)c(F)c4)ccc3=O)c2)nc1.Cc1cnc(-c2cccc(Cn3nc(-c4cc(F)c(OCCCN(C)C)c(F)c4)ccc3=O)c2)nc1.[H-].[Na+]. The van der Waals surface area contributed by atoms with E-state index in [2.05, 4.69) is 35.0 Å². The molecule has 20 heteroatoms. The van der Waals surface area contributed by atoms with Crippen LogP contribution in [0.1, 0.15) is 36.5 Å². The van der Waals surface area contributed by atoms with Crippen molar-refractivity contribution in [2.24, 2.45) is 0 Å². The number of nitrogens with zero attached hydrogens (tertiary/aromatic N) is 10. The molecule has 8 rings (SSSR count). The molecule has 4 heterocycles. The molecular weight excluding hydrogens is 971 g/mol. The summed E-state index contributed by atoms with van der Waals surface area (Å²) in [4.78, 5) is 46.0. The second-order valence-electron chi connectivity index (χ2n) is 17.4. The third-order valence-corrected chi connectivity index (χ3v) is 10.7. The van der Waals surface area contributed by atoms with Gasteiger partial charge in [0.05, 0.1) is 31.1 Å². The van der Waals surface area contributed by atoms with Crippen molar-refractivity contribution in [1.82, 2.24) is 49.3 Å². The normalized spacial score (nSPS) is 10.8. The summed E-state index contributed by atoms with van der Waals surface area (Å²) in [6.07, 6.45) is 8.42. The van der Waals surface area contributed by atoms with Gasteiger partial charge in [0, 0.05) is 72.3 Å². The van der Waals surface area contributed by atoms with Crippen molar-refractivity contribution in [3.8, 4) is 51.0 Å². The van der Waals surface area contributed by atoms with Crippen molar-refractivity contribution in [3.63, 3.8) is 0 Å². The molecule has 0 bridgehead atoms. The number of rotatable bonds is 16. The average Bonchev–Trinajstić information content (AvgIpc) is 3.36. The minimum Gasteiger partial charge on any atom is -1.00 e. The van der Waals surface area contributed by atoms with Crippen LogP contribution in [-0.4, -0.2) is 109 Å². The fourth-order valence-corrected chi connectivity index (χ4v) is 6.97. The van der Waals surface area contributed by atoms with Gasteiger partial charge in [-0.15, -0.1) is 0 Å². The standard InChI is InChI=1S/C27H27F2N5O2.C22H15F3N4O.C5H13NO.Na.H/c1-18-15-30-27(31-16-18)20-7-4-6-19(12-20)17-34-25(35)9-8-24(32-34)21-13-22(28)26(23(29)14-21)36-11-5-10-33(2)3;1-13-10-26-22(27-11-13)15-4-2-3-14(7-15)12-29-20(30)6-5-19(28-29)16-8-17(23)21(25)18(24)9-16;1-6(2)4-3-5-7;;/h4,6-9,12-16H,5,10-11,17H2,1-3H3;2-11H,12H2,1H3;7H,3-5H2,1-2H3;;/q;;;+1;-1. The number of ether oxygens (including phenoxy) is 1. The zero-order chi connectivity index (χ0) is 52.6. The number of aromatic nitrogens is 8. The van der Waals surface area contributed by atoms with E-state index in [9.17, 15) is 31.5 Å². The Labute approximate surface area is 449 Å². The molecule has 1 N–H and O–H groups in total. The van der Waals surface area contributed by atoms with E-state index < -0.39 is 40.4 Å². The van der Waals surface area contributed by atoms with Crippen LogP contribution in [0.5, 0.6) is 5.75 Å². The Morgan fingerprint density at radius 1 is 0.554 bits per heavy atom. The van der Waals surface area contributed by atoms with Crippen LogP contribution in [0.4, 0.5) is 22.0 Å². The second-order valence-corrected chi connectivity index (χ2v) is 17.4. The van der Waals surface area contributed by atoms with E-state index in [1.54, 1.807) is 24.8 Å². The third kappa shape index (κ3) is 16.8. The zero-order valence-corrected chi connectivity index (χ0v) is 44.2. The fraction of sp³-hybridized carbons (Fsp3) is 0.259. The number of hydrogen-bond acceptors (Lipinski definition) is 12. The Balaban J connectivity index is 0.000000284. The Morgan fingerprint density at radius 3 is 1.35 bits per heavy atom. The molecule has 74 heavy (non-hydrogen) atoms. The minimum atomic E-state index is -1.55. The van der Waals surface area contributed by atoms with Gasteiger partial charge in [0.25, 0.3) is 11.1 Å². The van der Waals surface area contributed by atoms with Crippen LogP contribution in [-0.2, 0) is 13.1 Å². The predicted molar refractivity (Wildman–Crippen MR) is 270 cm³/mol. The van der Waals surface area contributed by atoms with Crippen molar-refractivity contribution in [2.45, 2.75) is 39.8 Å². The molecule has 8 aromatic rings. The molecule has 0 saturated heterocycles. The van der Waals surface area contributed by atoms with E-state index in [1.165, 1.54) is 33.6 Å². The molecule has 4 aromatic heterocycles. The summed E-state index contributed by atoms with van der Waals surface area (Å²) >= 11 is 0. The topological polar surface area (TPSA) is 157 Å². The Kier molecular flexibility index (Phi) is 21.9. The fourth-order valence-electron chi connectivity index (χ4n) is 6.97. The predicted octanol–water partition coefficient (Wildman–Crippen LogP) is 5.52. The number of aliphatic hydroxyl groups excluding tert-OH is 1. The van der Waals surface area contributed by atoms with Crippen molar-refractivity contribution >= 4 is 0 Å². The molecule has 0 spiro atoms. The smallest absolute Gasteiger partial charge is 1.00 e. The number of halogens is 5. The molecule has 0 amide bonds. The van der Waals surface area contributed by atoms with Gasteiger partial charge in [-0.05, 0) is 132 Å². The molecule has 0 aliphatic carbocycles. The van der Waals surface area contributed by atoms with Crippen LogP contribution >= 0.6 is 0 Å². The Hall–Kier alpha value is -6.87. The monoisotopic (exact) mass is 1030 g/mol. The molecule has 4 aromatic carbocycles. The van der Waals surface area contributed by atoms with Gasteiger partial charge in [0.15, 0.2) is 46.5 Å². The van der Waals surface area contributed by atoms with Crippen LogP contribution in [0.25, 0.3) is 45.3 Å². The maximum atomic E-state index is 14.7. The maximum Gasteiger partial charge on any atom is 1.00 e. The third-order valence-electron chi connectivity index (χ3n) is 10.7. The zero-order valence-electron chi connectivity index (χ0n) is 43.2. The molecule has 0 unspecified atom stereocenters. The second kappa shape index (κ2) is 28.0. The van der Waals surface area contributed by atoms with Crippen molar-refractivity contribution < 1.29 is 62.8 Å². The van der Waals surface area contributed by atoms with Crippen LogP contribution < -0.4 is 45.4 Å². The Bertz CT molecular complexity index is 3200. The first-order valence-electron chi connectivity index (χ1n) is 23.1. The van der Waals surface area contributed by atoms with Gasteiger partial charge in [-0.1, -0.05) is 36.4 Å². The molecule has 0 radical (unpaired) electrons. The van der Waals surface area contributed by atoms with Gasteiger partial charge < -0.3 is 21.1 Å². The van der Waals surface area contributed by atoms with E-state index >= 15 is 0 Å². The summed E-state index contributed by atoms with van der Waals surface area (Å²) in [6, 6.07) is 24.2. The van der Waals surface area contributed by atoms with Crippen LogP contribution in [0.2, 0.25) is 0 Å². The average molecular weight is 1030 g/mol. The summed E-state index contributed by atoms with van der Waals surface area (Å²) in [5, 5.41) is 16.8. The summed E-state index contributed by atoms with van der Waals surface area (Å²) in [6.45, 7) is 6.33. The summed E-state index contributed by atoms with van der Waals surface area (Å²) in [7, 11) is 7.82.